The third kappa shape index (κ3) is 1.53. The molecule has 2 aliphatic heterocycles. The molecule has 0 fully saturated rings. The van der Waals surface area contributed by atoms with Crippen LogP contribution in [-0.4, -0.2) is 24.7 Å². The Morgan fingerprint density at radius 2 is 2.06 bits per heavy atom. The van der Waals surface area contributed by atoms with Crippen LogP contribution in [0.15, 0.2) is 10.5 Å². The van der Waals surface area contributed by atoms with Gasteiger partial charge in [0.25, 0.3) is 0 Å². The summed E-state index contributed by atoms with van der Waals surface area (Å²) in [5.41, 5.74) is 1.74. The SMILES string of the molecule is O=C1CSCc2c(Br)cc3c(c21)OCCO3. The van der Waals surface area contributed by atoms with Crippen LogP contribution in [0.25, 0.3) is 0 Å². The summed E-state index contributed by atoms with van der Waals surface area (Å²) >= 11 is 5.12. The predicted molar refractivity (Wildman–Crippen MR) is 65.6 cm³/mol. The fraction of sp³-hybridized carbons (Fsp3) is 0.364. The maximum atomic E-state index is 11.9. The second kappa shape index (κ2) is 3.96. The average molecular weight is 301 g/mol. The van der Waals surface area contributed by atoms with E-state index in [1.165, 1.54) is 0 Å². The van der Waals surface area contributed by atoms with E-state index < -0.39 is 0 Å². The largest absolute Gasteiger partial charge is 0.486 e. The number of carbonyl (C=O) groups is 1. The molecule has 0 saturated carbocycles. The molecule has 0 N–H and O–H groups in total. The van der Waals surface area contributed by atoms with Crippen LogP contribution in [0.3, 0.4) is 0 Å². The van der Waals surface area contributed by atoms with Crippen molar-refractivity contribution >= 4 is 33.5 Å². The summed E-state index contributed by atoms with van der Waals surface area (Å²) in [4.78, 5) is 11.9. The van der Waals surface area contributed by atoms with E-state index in [-0.39, 0.29) is 5.78 Å². The lowest BCUT2D eigenvalue weighted by atomic mass is 10.0. The minimum Gasteiger partial charge on any atom is -0.486 e. The van der Waals surface area contributed by atoms with E-state index in [1.807, 2.05) is 6.07 Å². The third-order valence-electron chi connectivity index (χ3n) is 2.64. The predicted octanol–water partition coefficient (Wildman–Crippen LogP) is 2.65. The quantitative estimate of drug-likeness (QED) is 0.738. The smallest absolute Gasteiger partial charge is 0.176 e. The maximum Gasteiger partial charge on any atom is 0.176 e. The van der Waals surface area contributed by atoms with Crippen LogP contribution < -0.4 is 9.47 Å². The van der Waals surface area contributed by atoms with Gasteiger partial charge in [-0.3, -0.25) is 4.79 Å². The fourth-order valence-corrected chi connectivity index (χ4v) is 3.61. The summed E-state index contributed by atoms with van der Waals surface area (Å²) in [5, 5.41) is 0. The normalized spacial score (nSPS) is 18.2. The van der Waals surface area contributed by atoms with Crippen LogP contribution in [0, 0.1) is 0 Å². The molecule has 1 aromatic rings. The van der Waals surface area contributed by atoms with E-state index in [0.717, 1.165) is 15.8 Å². The molecule has 3 nitrogen and oxygen atoms in total. The van der Waals surface area contributed by atoms with E-state index in [1.54, 1.807) is 11.8 Å². The Balaban J connectivity index is 2.25. The molecule has 0 saturated heterocycles. The van der Waals surface area contributed by atoms with Gasteiger partial charge in [0.05, 0.1) is 11.3 Å². The van der Waals surface area contributed by atoms with Crippen molar-refractivity contribution in [2.24, 2.45) is 0 Å². The Kier molecular flexibility index (Phi) is 2.59. The third-order valence-corrected chi connectivity index (χ3v) is 4.31. The highest BCUT2D eigenvalue weighted by Gasteiger charge is 2.29. The summed E-state index contributed by atoms with van der Waals surface area (Å²) in [5.74, 6) is 2.82. The number of hydrogen-bond acceptors (Lipinski definition) is 4. The standard InChI is InChI=1S/C11H9BrO3S/c12-7-3-9-11(15-2-1-14-9)10-6(7)4-16-5-8(10)13/h3H,1-2,4-5H2. The number of fused-ring (bicyclic) bond motifs is 3. The van der Waals surface area contributed by atoms with Crippen LogP contribution in [0.5, 0.6) is 11.5 Å². The Morgan fingerprint density at radius 1 is 1.25 bits per heavy atom. The zero-order chi connectivity index (χ0) is 11.1. The highest BCUT2D eigenvalue weighted by Crippen LogP contribution is 2.43. The Bertz CT molecular complexity index is 473. The van der Waals surface area contributed by atoms with Gasteiger partial charge in [0, 0.05) is 10.2 Å². The highest BCUT2D eigenvalue weighted by atomic mass is 79.9. The van der Waals surface area contributed by atoms with Crippen LogP contribution >= 0.6 is 27.7 Å². The number of Topliss-reactive ketones (excluding diaryl/α,β-unsaturated/α-hetero) is 1. The van der Waals surface area contributed by atoms with Gasteiger partial charge in [0.15, 0.2) is 17.3 Å². The first-order valence-electron chi connectivity index (χ1n) is 4.99. The minimum absolute atomic E-state index is 0.134. The first-order valence-corrected chi connectivity index (χ1v) is 6.94. The summed E-state index contributed by atoms with van der Waals surface area (Å²) in [7, 11) is 0. The molecule has 0 aromatic heterocycles. The minimum atomic E-state index is 0.134. The zero-order valence-corrected chi connectivity index (χ0v) is 10.8. The number of benzene rings is 1. The lowest BCUT2D eigenvalue weighted by Crippen LogP contribution is -2.21. The van der Waals surface area contributed by atoms with E-state index in [9.17, 15) is 4.79 Å². The number of carbonyl (C=O) groups excluding carboxylic acids is 1. The van der Waals surface area contributed by atoms with Gasteiger partial charge in [-0.2, -0.15) is 0 Å². The monoisotopic (exact) mass is 300 g/mol. The molecule has 0 bridgehead atoms. The van der Waals surface area contributed by atoms with Crippen molar-refractivity contribution in [1.29, 1.82) is 0 Å². The van der Waals surface area contributed by atoms with Crippen molar-refractivity contribution in [2.75, 3.05) is 19.0 Å². The summed E-state index contributed by atoms with van der Waals surface area (Å²) in [6.45, 7) is 1.06. The number of thioether (sulfide) groups is 1. The molecule has 3 rings (SSSR count). The molecule has 0 spiro atoms. The molecule has 0 radical (unpaired) electrons. The first kappa shape index (κ1) is 10.5. The van der Waals surface area contributed by atoms with Crippen LogP contribution in [0.2, 0.25) is 0 Å². The van der Waals surface area contributed by atoms with Gasteiger partial charge in [-0.05, 0) is 11.6 Å². The molecule has 0 amide bonds. The summed E-state index contributed by atoms with van der Waals surface area (Å²) < 4.78 is 12.0. The second-order valence-electron chi connectivity index (χ2n) is 3.65. The van der Waals surface area contributed by atoms with Crippen LogP contribution in [0.4, 0.5) is 0 Å². The van der Waals surface area contributed by atoms with Crippen molar-refractivity contribution in [3.8, 4) is 11.5 Å². The van der Waals surface area contributed by atoms with Gasteiger partial charge < -0.3 is 9.47 Å². The highest BCUT2D eigenvalue weighted by molar-refractivity contribution is 9.10. The lowest BCUT2D eigenvalue weighted by molar-refractivity contribution is 0.100. The van der Waals surface area contributed by atoms with Crippen molar-refractivity contribution < 1.29 is 14.3 Å². The molecule has 2 heterocycles. The average Bonchev–Trinajstić information content (AvgIpc) is 2.30. The number of ether oxygens (including phenoxy) is 2. The molecule has 0 atom stereocenters. The van der Waals surface area contributed by atoms with E-state index >= 15 is 0 Å². The maximum absolute atomic E-state index is 11.9. The number of hydrogen-bond donors (Lipinski definition) is 0. The molecule has 84 valence electrons. The Morgan fingerprint density at radius 3 is 2.94 bits per heavy atom. The van der Waals surface area contributed by atoms with Crippen molar-refractivity contribution in [1.82, 2.24) is 0 Å². The van der Waals surface area contributed by atoms with E-state index in [2.05, 4.69) is 15.9 Å². The van der Waals surface area contributed by atoms with Crippen LogP contribution in [0.1, 0.15) is 15.9 Å². The topological polar surface area (TPSA) is 35.5 Å². The molecular formula is C11H9BrO3S. The van der Waals surface area contributed by atoms with Gasteiger partial charge in [0.1, 0.15) is 13.2 Å². The van der Waals surface area contributed by atoms with E-state index in [0.29, 0.717) is 36.0 Å². The van der Waals surface area contributed by atoms with Crippen molar-refractivity contribution in [3.05, 3.63) is 21.7 Å². The van der Waals surface area contributed by atoms with Gasteiger partial charge in [-0.25, -0.2) is 0 Å². The molecular weight excluding hydrogens is 292 g/mol. The number of halogens is 1. The number of rotatable bonds is 0. The summed E-state index contributed by atoms with van der Waals surface area (Å²) in [6, 6.07) is 1.90. The summed E-state index contributed by atoms with van der Waals surface area (Å²) in [6.07, 6.45) is 0. The molecule has 16 heavy (non-hydrogen) atoms. The van der Waals surface area contributed by atoms with E-state index in [4.69, 9.17) is 9.47 Å². The lowest BCUT2D eigenvalue weighted by Gasteiger charge is -2.25. The van der Waals surface area contributed by atoms with Gasteiger partial charge >= 0.3 is 0 Å². The Hall–Kier alpha value is -0.680. The fourth-order valence-electron chi connectivity index (χ4n) is 1.95. The van der Waals surface area contributed by atoms with Crippen molar-refractivity contribution in [3.63, 3.8) is 0 Å². The van der Waals surface area contributed by atoms with Gasteiger partial charge in [-0.15, -0.1) is 11.8 Å². The van der Waals surface area contributed by atoms with Crippen LogP contribution in [-0.2, 0) is 5.75 Å². The number of ketones is 1. The molecule has 5 heteroatoms. The molecule has 0 unspecified atom stereocenters. The Labute approximate surface area is 106 Å². The van der Waals surface area contributed by atoms with Gasteiger partial charge in [0.2, 0.25) is 0 Å². The van der Waals surface area contributed by atoms with Gasteiger partial charge in [-0.1, -0.05) is 15.9 Å². The first-order chi connectivity index (χ1) is 7.77. The molecule has 1 aromatic carbocycles. The van der Waals surface area contributed by atoms with Crippen molar-refractivity contribution in [2.45, 2.75) is 5.75 Å². The second-order valence-corrected chi connectivity index (χ2v) is 5.49. The molecule has 2 aliphatic rings. The zero-order valence-electron chi connectivity index (χ0n) is 8.42. The molecule has 0 aliphatic carbocycles.